The quantitative estimate of drug-likeness (QED) is 0.795. The summed E-state index contributed by atoms with van der Waals surface area (Å²) < 4.78 is 50.1. The van der Waals surface area contributed by atoms with E-state index in [1.807, 2.05) is 0 Å². The molecule has 7 heteroatoms. The van der Waals surface area contributed by atoms with E-state index in [9.17, 15) is 16.8 Å². The van der Waals surface area contributed by atoms with E-state index >= 15 is 0 Å². The Morgan fingerprint density at radius 1 is 0.632 bits per heavy atom. The highest BCUT2D eigenvalue weighted by Crippen LogP contribution is 2.35. The zero-order valence-corrected chi connectivity index (χ0v) is 11.2. The van der Waals surface area contributed by atoms with E-state index in [2.05, 4.69) is 0 Å². The van der Waals surface area contributed by atoms with Crippen LogP contribution in [-0.4, -0.2) is 16.8 Å². The molecule has 1 heterocycles. The Morgan fingerprint density at radius 3 is 1.42 bits per heavy atom. The third-order valence-electron chi connectivity index (χ3n) is 2.86. The number of rotatable bonds is 0. The second kappa shape index (κ2) is 3.89. The van der Waals surface area contributed by atoms with Gasteiger partial charge in [0, 0.05) is 11.1 Å². The fourth-order valence-electron chi connectivity index (χ4n) is 2.08. The lowest BCUT2D eigenvalue weighted by Gasteiger charge is -2.05. The van der Waals surface area contributed by atoms with E-state index in [0.717, 1.165) is 0 Å². The van der Waals surface area contributed by atoms with E-state index in [-0.39, 0.29) is 9.79 Å². The Bertz CT molecular complexity index is 797. The summed E-state index contributed by atoms with van der Waals surface area (Å²) in [6.45, 7) is 0. The zero-order chi connectivity index (χ0) is 13.7. The van der Waals surface area contributed by atoms with Crippen molar-refractivity contribution in [1.29, 1.82) is 0 Å². The van der Waals surface area contributed by atoms with Crippen molar-refractivity contribution >= 4 is 20.0 Å². The molecule has 0 spiro atoms. The lowest BCUT2D eigenvalue weighted by Crippen LogP contribution is -2.29. The van der Waals surface area contributed by atoms with Gasteiger partial charge in [-0.3, -0.25) is 0 Å². The van der Waals surface area contributed by atoms with Crippen LogP contribution in [0.5, 0.6) is 0 Å². The smallest absolute Gasteiger partial charge is 0.206 e. The van der Waals surface area contributed by atoms with E-state index in [4.69, 9.17) is 0 Å². The summed E-state index contributed by atoms with van der Waals surface area (Å²) in [4.78, 5) is -0.0768. The topological polar surface area (TPSA) is 80.3 Å². The number of nitrogens with one attached hydrogen (secondary N) is 1. The molecule has 0 fully saturated rings. The molecule has 3 rings (SSSR count). The molecule has 0 saturated carbocycles. The molecular formula is C12H9NO4S2. The van der Waals surface area contributed by atoms with Crippen molar-refractivity contribution in [3.63, 3.8) is 0 Å². The standard InChI is InChI=1S/C12H9NO4S2/c14-18(15)11-7-3-1-5-9(11)10-6-2-4-8-12(10)19(16,17)13-18/h1-8,13H. The molecule has 2 aromatic rings. The maximum absolute atomic E-state index is 12.1. The summed E-state index contributed by atoms with van der Waals surface area (Å²) in [5.74, 6) is 0. The molecule has 2 aromatic carbocycles. The SMILES string of the molecule is O=S1(=O)NS(=O)(=O)c2ccccc2-c2ccccc21. The van der Waals surface area contributed by atoms with Crippen molar-refractivity contribution in [2.75, 3.05) is 0 Å². The summed E-state index contributed by atoms with van der Waals surface area (Å²) in [5.41, 5.74) is 0.762. The van der Waals surface area contributed by atoms with Gasteiger partial charge in [0.05, 0.1) is 9.79 Å². The van der Waals surface area contributed by atoms with Gasteiger partial charge in [-0.1, -0.05) is 36.4 Å². The van der Waals surface area contributed by atoms with Gasteiger partial charge in [-0.05, 0) is 12.1 Å². The van der Waals surface area contributed by atoms with Crippen LogP contribution in [0.2, 0.25) is 0 Å². The summed E-state index contributed by atoms with van der Waals surface area (Å²) >= 11 is 0. The zero-order valence-electron chi connectivity index (χ0n) is 9.57. The van der Waals surface area contributed by atoms with Crippen molar-refractivity contribution in [2.45, 2.75) is 9.79 Å². The van der Waals surface area contributed by atoms with E-state index in [0.29, 0.717) is 11.1 Å². The van der Waals surface area contributed by atoms with Crippen molar-refractivity contribution in [2.24, 2.45) is 0 Å². The minimum Gasteiger partial charge on any atom is -0.206 e. The lowest BCUT2D eigenvalue weighted by atomic mass is 10.1. The van der Waals surface area contributed by atoms with Gasteiger partial charge < -0.3 is 0 Å². The average Bonchev–Trinajstić information content (AvgIpc) is 2.43. The predicted molar refractivity (Wildman–Crippen MR) is 69.4 cm³/mol. The Hall–Kier alpha value is -1.70. The predicted octanol–water partition coefficient (Wildman–Crippen LogP) is 1.33. The van der Waals surface area contributed by atoms with Crippen LogP contribution in [0.3, 0.4) is 0 Å². The van der Waals surface area contributed by atoms with Crippen LogP contribution in [0.15, 0.2) is 58.3 Å². The first-order valence-corrected chi connectivity index (χ1v) is 8.35. The third-order valence-corrected chi connectivity index (χ3v) is 6.49. The molecule has 0 bridgehead atoms. The summed E-state index contributed by atoms with van der Waals surface area (Å²) in [5, 5.41) is 0. The van der Waals surface area contributed by atoms with Crippen molar-refractivity contribution < 1.29 is 16.8 Å². The normalized spacial score (nSPS) is 18.9. The van der Waals surface area contributed by atoms with Gasteiger partial charge in [0.25, 0.3) is 20.0 Å². The van der Waals surface area contributed by atoms with Gasteiger partial charge in [-0.2, -0.15) is 0 Å². The first kappa shape index (κ1) is 12.3. The summed E-state index contributed by atoms with van der Waals surface area (Å²) in [6, 6.07) is 12.4. The molecule has 19 heavy (non-hydrogen) atoms. The average molecular weight is 295 g/mol. The van der Waals surface area contributed by atoms with Gasteiger partial charge in [-0.15, -0.1) is 4.13 Å². The summed E-state index contributed by atoms with van der Waals surface area (Å²) in [7, 11) is -8.18. The van der Waals surface area contributed by atoms with Crippen LogP contribution >= 0.6 is 0 Å². The number of hydrogen-bond acceptors (Lipinski definition) is 4. The number of hydrogen-bond donors (Lipinski definition) is 1. The highest BCUT2D eigenvalue weighted by atomic mass is 32.3. The Kier molecular flexibility index (Phi) is 2.53. The molecule has 0 unspecified atom stereocenters. The van der Waals surface area contributed by atoms with Gasteiger partial charge in [0.1, 0.15) is 0 Å². The van der Waals surface area contributed by atoms with Crippen LogP contribution < -0.4 is 4.13 Å². The minimum absolute atomic E-state index is 0.0384. The van der Waals surface area contributed by atoms with Gasteiger partial charge >= 0.3 is 0 Å². The molecule has 0 aromatic heterocycles. The van der Waals surface area contributed by atoms with E-state index in [1.165, 1.54) is 12.1 Å². The van der Waals surface area contributed by atoms with Crippen LogP contribution in [0.4, 0.5) is 0 Å². The second-order valence-corrected chi connectivity index (χ2v) is 7.64. The lowest BCUT2D eigenvalue weighted by molar-refractivity contribution is 0.578. The maximum Gasteiger partial charge on any atom is 0.254 e. The van der Waals surface area contributed by atoms with Gasteiger partial charge in [-0.25, -0.2) is 16.8 Å². The summed E-state index contributed by atoms with van der Waals surface area (Å²) in [6.07, 6.45) is 0. The Morgan fingerprint density at radius 2 is 1.00 bits per heavy atom. The van der Waals surface area contributed by atoms with Crippen LogP contribution in [0.1, 0.15) is 0 Å². The van der Waals surface area contributed by atoms with E-state index < -0.39 is 20.0 Å². The molecule has 5 nitrogen and oxygen atoms in total. The van der Waals surface area contributed by atoms with Gasteiger partial charge in [0.15, 0.2) is 0 Å². The number of sulfonamides is 2. The first-order valence-electron chi connectivity index (χ1n) is 5.39. The molecule has 1 aliphatic rings. The molecule has 0 saturated heterocycles. The third kappa shape index (κ3) is 1.86. The van der Waals surface area contributed by atoms with Crippen LogP contribution in [0, 0.1) is 0 Å². The van der Waals surface area contributed by atoms with Crippen molar-refractivity contribution in [1.82, 2.24) is 4.13 Å². The highest BCUT2D eigenvalue weighted by molar-refractivity contribution is 8.05. The maximum atomic E-state index is 12.1. The monoisotopic (exact) mass is 295 g/mol. The van der Waals surface area contributed by atoms with E-state index in [1.54, 1.807) is 40.5 Å². The fourth-order valence-corrected chi connectivity index (χ4v) is 5.41. The molecule has 1 aliphatic heterocycles. The fraction of sp³-hybridized carbons (Fsp3) is 0. The second-order valence-electron chi connectivity index (χ2n) is 4.08. The largest absolute Gasteiger partial charge is 0.254 e. The molecule has 1 N–H and O–H groups in total. The molecular weight excluding hydrogens is 286 g/mol. The molecule has 98 valence electrons. The molecule has 0 radical (unpaired) electrons. The molecule has 0 atom stereocenters. The Labute approximate surface area is 111 Å². The number of fused-ring (bicyclic) bond motifs is 3. The van der Waals surface area contributed by atoms with Crippen LogP contribution in [-0.2, 0) is 20.0 Å². The minimum atomic E-state index is -4.09. The highest BCUT2D eigenvalue weighted by Gasteiger charge is 2.33. The van der Waals surface area contributed by atoms with Gasteiger partial charge in [0.2, 0.25) is 0 Å². The number of benzene rings is 2. The van der Waals surface area contributed by atoms with Crippen molar-refractivity contribution in [3.8, 4) is 11.1 Å². The molecule has 0 amide bonds. The molecule has 0 aliphatic carbocycles. The van der Waals surface area contributed by atoms with Crippen LogP contribution in [0.25, 0.3) is 11.1 Å². The Balaban J connectivity index is 2.53. The first-order chi connectivity index (χ1) is 8.92. The van der Waals surface area contributed by atoms with Crippen molar-refractivity contribution in [3.05, 3.63) is 48.5 Å².